The Morgan fingerprint density at radius 1 is 1.20 bits per heavy atom. The third-order valence-corrected chi connectivity index (χ3v) is 4.68. The topological polar surface area (TPSA) is 73.7 Å². The van der Waals surface area contributed by atoms with E-state index in [0.717, 1.165) is 30.6 Å². The molecular weight excluding hydrogens is 314 g/mol. The molecule has 0 aromatic heterocycles. The summed E-state index contributed by atoms with van der Waals surface area (Å²) in [4.78, 5) is 2.26. The van der Waals surface area contributed by atoms with Gasteiger partial charge in [-0.15, -0.1) is 0 Å². The summed E-state index contributed by atoms with van der Waals surface area (Å²) in [5, 5.41) is 0. The largest absolute Gasteiger partial charge is 0.493 e. The van der Waals surface area contributed by atoms with E-state index in [2.05, 4.69) is 30.1 Å². The van der Waals surface area contributed by atoms with Gasteiger partial charge in [-0.1, -0.05) is 23.8 Å². The molecule has 0 atom stereocenters. The minimum absolute atomic E-state index is 0.609. The summed E-state index contributed by atoms with van der Waals surface area (Å²) in [6.07, 6.45) is 10.1. The van der Waals surface area contributed by atoms with Crippen molar-refractivity contribution in [3.8, 4) is 11.5 Å². The molecule has 1 aromatic rings. The number of nitrogen functional groups attached to an aromatic ring is 1. The highest BCUT2D eigenvalue weighted by atomic mass is 16.5. The van der Waals surface area contributed by atoms with Crippen LogP contribution in [-0.2, 0) is 0 Å². The second kappa shape index (κ2) is 6.97. The average molecular weight is 339 g/mol. The van der Waals surface area contributed by atoms with Crippen LogP contribution in [0.3, 0.4) is 0 Å². The smallest absolute Gasteiger partial charge is 0.162 e. The van der Waals surface area contributed by atoms with Crippen molar-refractivity contribution in [2.24, 2.45) is 5.73 Å². The van der Waals surface area contributed by atoms with Crippen LogP contribution in [0.4, 0.5) is 5.69 Å². The predicted octanol–water partition coefficient (Wildman–Crippen LogP) is 3.41. The second-order valence-electron chi connectivity index (χ2n) is 6.21. The van der Waals surface area contributed by atoms with Gasteiger partial charge in [0.25, 0.3) is 0 Å². The summed E-state index contributed by atoms with van der Waals surface area (Å²) in [6, 6.07) is 3.67. The van der Waals surface area contributed by atoms with Gasteiger partial charge in [0.2, 0.25) is 0 Å². The molecule has 3 rings (SSSR count). The first-order valence-corrected chi connectivity index (χ1v) is 8.37. The van der Waals surface area contributed by atoms with E-state index in [9.17, 15) is 0 Å². The Balaban J connectivity index is 2.04. The molecule has 0 saturated carbocycles. The lowest BCUT2D eigenvalue weighted by atomic mass is 10.1. The first kappa shape index (κ1) is 17.0. The SMILES string of the molecule is COc1cc(N)c(/C(=C\N)N2CCC3=C2CC=CC(C)=C3)cc1OC. The Kier molecular flexibility index (Phi) is 4.74. The Morgan fingerprint density at radius 2 is 1.92 bits per heavy atom. The molecule has 0 bridgehead atoms. The number of methoxy groups -OCH3 is 2. The Hall–Kier alpha value is -2.82. The highest BCUT2D eigenvalue weighted by Gasteiger charge is 2.26. The van der Waals surface area contributed by atoms with Crippen LogP contribution in [0.25, 0.3) is 5.70 Å². The van der Waals surface area contributed by atoms with Crippen LogP contribution in [0.1, 0.15) is 25.3 Å². The summed E-state index contributed by atoms with van der Waals surface area (Å²) in [5.41, 5.74) is 18.6. The molecule has 0 spiro atoms. The van der Waals surface area contributed by atoms with Crippen molar-refractivity contribution < 1.29 is 9.47 Å². The highest BCUT2D eigenvalue weighted by molar-refractivity contribution is 5.78. The van der Waals surface area contributed by atoms with Gasteiger partial charge in [0.15, 0.2) is 11.5 Å². The van der Waals surface area contributed by atoms with E-state index in [1.54, 1.807) is 26.5 Å². The van der Waals surface area contributed by atoms with Crippen LogP contribution < -0.4 is 20.9 Å². The van der Waals surface area contributed by atoms with Crippen LogP contribution in [0.15, 0.2) is 53.4 Å². The molecule has 0 unspecified atom stereocenters. The van der Waals surface area contributed by atoms with E-state index in [1.807, 2.05) is 6.07 Å². The third kappa shape index (κ3) is 3.09. The lowest BCUT2D eigenvalue weighted by Crippen LogP contribution is -2.20. The van der Waals surface area contributed by atoms with Crippen molar-refractivity contribution in [3.05, 3.63) is 59.0 Å². The highest BCUT2D eigenvalue weighted by Crippen LogP contribution is 2.40. The molecule has 1 aliphatic carbocycles. The van der Waals surface area contributed by atoms with Gasteiger partial charge in [0, 0.05) is 42.2 Å². The molecule has 1 aliphatic heterocycles. The summed E-state index contributed by atoms with van der Waals surface area (Å²) in [7, 11) is 3.21. The van der Waals surface area contributed by atoms with E-state index >= 15 is 0 Å². The monoisotopic (exact) mass is 339 g/mol. The van der Waals surface area contributed by atoms with Gasteiger partial charge < -0.3 is 25.8 Å². The molecule has 25 heavy (non-hydrogen) atoms. The minimum Gasteiger partial charge on any atom is -0.493 e. The number of allylic oxidation sites excluding steroid dienone is 4. The van der Waals surface area contributed by atoms with E-state index in [-0.39, 0.29) is 0 Å². The summed E-state index contributed by atoms with van der Waals surface area (Å²) in [5.74, 6) is 1.24. The van der Waals surface area contributed by atoms with Crippen molar-refractivity contribution in [2.75, 3.05) is 26.5 Å². The molecule has 0 saturated heterocycles. The standard InChI is InChI=1S/C20H25N3O2/c1-13-5-4-6-17-14(9-13)7-8-23(17)18(12-21)15-10-19(24-2)20(25-3)11-16(15)22/h4-5,9-12H,6-8,21-22H2,1-3H3/b18-12+. The van der Waals surface area contributed by atoms with Gasteiger partial charge in [-0.3, -0.25) is 0 Å². The number of hydrogen-bond acceptors (Lipinski definition) is 5. The molecule has 0 radical (unpaired) electrons. The van der Waals surface area contributed by atoms with Gasteiger partial charge in [0.05, 0.1) is 19.9 Å². The summed E-state index contributed by atoms with van der Waals surface area (Å²) in [6.45, 7) is 3.01. The molecule has 132 valence electrons. The van der Waals surface area contributed by atoms with E-state index in [1.165, 1.54) is 16.8 Å². The number of benzene rings is 1. The number of nitrogens with zero attached hydrogens (tertiary/aromatic N) is 1. The molecule has 5 nitrogen and oxygen atoms in total. The van der Waals surface area contributed by atoms with Crippen LogP contribution in [-0.4, -0.2) is 25.7 Å². The molecule has 4 N–H and O–H groups in total. The lowest BCUT2D eigenvalue weighted by Gasteiger charge is -2.26. The molecule has 0 fully saturated rings. The van der Waals surface area contributed by atoms with Crippen LogP contribution in [0, 0.1) is 0 Å². The Bertz CT molecular complexity index is 803. The Morgan fingerprint density at radius 3 is 2.60 bits per heavy atom. The van der Waals surface area contributed by atoms with Crippen molar-refractivity contribution in [1.29, 1.82) is 0 Å². The van der Waals surface area contributed by atoms with Crippen molar-refractivity contribution >= 4 is 11.4 Å². The zero-order valence-corrected chi connectivity index (χ0v) is 15.0. The fourth-order valence-corrected chi connectivity index (χ4v) is 3.47. The van der Waals surface area contributed by atoms with E-state index in [0.29, 0.717) is 17.2 Å². The van der Waals surface area contributed by atoms with Gasteiger partial charge in [-0.05, 0) is 25.0 Å². The molecule has 1 heterocycles. The summed E-state index contributed by atoms with van der Waals surface area (Å²) >= 11 is 0. The molecular formula is C20H25N3O2. The maximum atomic E-state index is 6.28. The summed E-state index contributed by atoms with van der Waals surface area (Å²) < 4.78 is 10.8. The predicted molar refractivity (Wildman–Crippen MR) is 102 cm³/mol. The minimum atomic E-state index is 0.609. The first-order valence-electron chi connectivity index (χ1n) is 8.37. The number of rotatable bonds is 4. The quantitative estimate of drug-likeness (QED) is 0.822. The molecule has 0 amide bonds. The van der Waals surface area contributed by atoms with Crippen molar-refractivity contribution in [2.45, 2.75) is 19.8 Å². The molecule has 5 heteroatoms. The van der Waals surface area contributed by atoms with Crippen molar-refractivity contribution in [3.63, 3.8) is 0 Å². The number of anilines is 1. The Labute approximate surface area is 148 Å². The molecule has 2 aliphatic rings. The zero-order chi connectivity index (χ0) is 18.0. The van der Waals surface area contributed by atoms with Crippen LogP contribution in [0.5, 0.6) is 11.5 Å². The maximum absolute atomic E-state index is 6.28. The van der Waals surface area contributed by atoms with Crippen LogP contribution >= 0.6 is 0 Å². The molecule has 1 aromatic carbocycles. The van der Waals surface area contributed by atoms with Crippen molar-refractivity contribution in [1.82, 2.24) is 4.90 Å². The fourth-order valence-electron chi connectivity index (χ4n) is 3.47. The van der Waals surface area contributed by atoms with Gasteiger partial charge in [-0.25, -0.2) is 0 Å². The van der Waals surface area contributed by atoms with Crippen LogP contribution in [0.2, 0.25) is 0 Å². The zero-order valence-electron chi connectivity index (χ0n) is 15.0. The van der Waals surface area contributed by atoms with Gasteiger partial charge in [0.1, 0.15) is 0 Å². The second-order valence-corrected chi connectivity index (χ2v) is 6.21. The number of hydrogen-bond donors (Lipinski definition) is 2. The first-order chi connectivity index (χ1) is 12.1. The number of nitrogens with two attached hydrogens (primary N) is 2. The van der Waals surface area contributed by atoms with E-state index in [4.69, 9.17) is 20.9 Å². The van der Waals surface area contributed by atoms with Gasteiger partial charge in [-0.2, -0.15) is 0 Å². The maximum Gasteiger partial charge on any atom is 0.162 e. The fraction of sp³-hybridized carbons (Fsp3) is 0.300. The van der Waals surface area contributed by atoms with E-state index < -0.39 is 0 Å². The lowest BCUT2D eigenvalue weighted by molar-refractivity contribution is 0.355. The average Bonchev–Trinajstić information content (AvgIpc) is 2.89. The van der Waals surface area contributed by atoms with Gasteiger partial charge >= 0.3 is 0 Å². The number of ether oxygens (including phenoxy) is 2. The third-order valence-electron chi connectivity index (χ3n) is 4.68. The normalized spacial score (nSPS) is 17.3.